The van der Waals surface area contributed by atoms with Crippen LogP contribution in [0, 0.1) is 17.1 Å². The Morgan fingerprint density at radius 2 is 1.94 bits per heavy atom. The maximum atomic E-state index is 13.6. The SMILES string of the molecule is CC(C)c1cnc(C#N)c(C(F)(F)F)c1F. The largest absolute Gasteiger partial charge is 0.422 e. The van der Waals surface area contributed by atoms with Gasteiger partial charge in [0.1, 0.15) is 17.4 Å². The first-order valence-electron chi connectivity index (χ1n) is 4.44. The van der Waals surface area contributed by atoms with E-state index in [1.807, 2.05) is 0 Å². The lowest BCUT2D eigenvalue weighted by Gasteiger charge is -2.13. The number of pyridine rings is 1. The molecule has 0 aromatic carbocycles. The van der Waals surface area contributed by atoms with Crippen LogP contribution in [0.15, 0.2) is 6.20 Å². The van der Waals surface area contributed by atoms with Gasteiger partial charge in [-0.2, -0.15) is 18.4 Å². The average molecular weight is 232 g/mol. The lowest BCUT2D eigenvalue weighted by Crippen LogP contribution is -2.14. The van der Waals surface area contributed by atoms with Gasteiger partial charge in [-0.05, 0) is 5.92 Å². The molecule has 0 saturated heterocycles. The van der Waals surface area contributed by atoms with Crippen LogP contribution in [0.5, 0.6) is 0 Å². The third-order valence-corrected chi connectivity index (χ3v) is 2.05. The van der Waals surface area contributed by atoms with Crippen LogP contribution in [0.3, 0.4) is 0 Å². The predicted octanol–water partition coefficient (Wildman–Crippen LogP) is 3.23. The number of halogens is 4. The Kier molecular flexibility index (Phi) is 3.17. The maximum absolute atomic E-state index is 13.6. The van der Waals surface area contributed by atoms with Crippen molar-refractivity contribution in [2.24, 2.45) is 0 Å². The molecule has 0 N–H and O–H groups in total. The standard InChI is InChI=1S/C10H8F4N2/c1-5(2)6-4-16-7(3-15)8(9(6)11)10(12,13)14/h4-5H,1-2H3. The molecule has 1 aromatic heterocycles. The van der Waals surface area contributed by atoms with Crippen LogP contribution in [-0.2, 0) is 6.18 Å². The zero-order valence-electron chi connectivity index (χ0n) is 8.56. The zero-order valence-corrected chi connectivity index (χ0v) is 8.56. The van der Waals surface area contributed by atoms with Gasteiger partial charge in [0, 0.05) is 11.8 Å². The highest BCUT2D eigenvalue weighted by atomic mass is 19.4. The van der Waals surface area contributed by atoms with Crippen molar-refractivity contribution in [1.82, 2.24) is 4.98 Å². The third-order valence-electron chi connectivity index (χ3n) is 2.05. The van der Waals surface area contributed by atoms with Gasteiger partial charge >= 0.3 is 6.18 Å². The fraction of sp³-hybridized carbons (Fsp3) is 0.400. The van der Waals surface area contributed by atoms with E-state index in [0.29, 0.717) is 0 Å². The summed E-state index contributed by atoms with van der Waals surface area (Å²) in [4.78, 5) is 3.32. The van der Waals surface area contributed by atoms with Crippen LogP contribution in [0.4, 0.5) is 17.6 Å². The van der Waals surface area contributed by atoms with Crippen LogP contribution in [-0.4, -0.2) is 4.98 Å². The molecule has 6 heteroatoms. The van der Waals surface area contributed by atoms with E-state index in [0.717, 1.165) is 6.20 Å². The molecule has 0 aliphatic carbocycles. The van der Waals surface area contributed by atoms with Gasteiger partial charge in [0.2, 0.25) is 0 Å². The highest BCUT2D eigenvalue weighted by Crippen LogP contribution is 2.35. The number of nitriles is 1. The molecule has 0 bridgehead atoms. The minimum Gasteiger partial charge on any atom is -0.244 e. The van der Waals surface area contributed by atoms with Crippen LogP contribution >= 0.6 is 0 Å². The van der Waals surface area contributed by atoms with Gasteiger partial charge in [-0.3, -0.25) is 0 Å². The Balaban J connectivity index is 3.55. The summed E-state index contributed by atoms with van der Waals surface area (Å²) in [6, 6.07) is 1.24. The molecule has 0 unspecified atom stereocenters. The number of alkyl halides is 3. The molecular formula is C10H8F4N2. The molecule has 2 nitrogen and oxygen atoms in total. The normalized spacial score (nSPS) is 11.6. The molecule has 86 valence electrons. The van der Waals surface area contributed by atoms with E-state index in [-0.39, 0.29) is 5.56 Å². The molecule has 0 aliphatic rings. The van der Waals surface area contributed by atoms with Gasteiger partial charge in [-0.15, -0.1) is 0 Å². The van der Waals surface area contributed by atoms with Crippen molar-refractivity contribution in [3.63, 3.8) is 0 Å². The number of hydrogen-bond donors (Lipinski definition) is 0. The molecule has 1 rings (SSSR count). The van der Waals surface area contributed by atoms with Gasteiger partial charge < -0.3 is 0 Å². The van der Waals surface area contributed by atoms with Crippen LogP contribution in [0.1, 0.15) is 36.6 Å². The van der Waals surface area contributed by atoms with Crippen LogP contribution < -0.4 is 0 Å². The second-order valence-corrected chi connectivity index (χ2v) is 3.52. The minimum absolute atomic E-state index is 0.147. The summed E-state index contributed by atoms with van der Waals surface area (Å²) in [5.41, 5.74) is -2.66. The smallest absolute Gasteiger partial charge is 0.244 e. The van der Waals surface area contributed by atoms with E-state index in [1.165, 1.54) is 6.07 Å². The van der Waals surface area contributed by atoms with Crippen LogP contribution in [0.25, 0.3) is 0 Å². The lowest BCUT2D eigenvalue weighted by atomic mass is 10.0. The van der Waals surface area contributed by atoms with Crippen molar-refractivity contribution >= 4 is 0 Å². The molecule has 16 heavy (non-hydrogen) atoms. The molecule has 0 amide bonds. The molecule has 0 atom stereocenters. The van der Waals surface area contributed by atoms with Crippen LogP contribution in [0.2, 0.25) is 0 Å². The molecular weight excluding hydrogens is 224 g/mol. The topological polar surface area (TPSA) is 36.7 Å². The van der Waals surface area contributed by atoms with Crippen molar-refractivity contribution < 1.29 is 17.6 Å². The Hall–Kier alpha value is -1.64. The number of aromatic nitrogens is 1. The Labute approximate surface area is 89.5 Å². The summed E-state index contributed by atoms with van der Waals surface area (Å²) in [6.45, 7) is 3.10. The van der Waals surface area contributed by atoms with E-state index in [9.17, 15) is 17.6 Å². The van der Waals surface area contributed by atoms with Gasteiger partial charge in [0.15, 0.2) is 5.69 Å². The van der Waals surface area contributed by atoms with Gasteiger partial charge in [-0.1, -0.05) is 13.8 Å². The molecule has 0 spiro atoms. The molecule has 0 saturated carbocycles. The summed E-state index contributed by atoms with van der Waals surface area (Å²) < 4.78 is 51.1. The van der Waals surface area contributed by atoms with Gasteiger partial charge in [0.25, 0.3) is 0 Å². The number of hydrogen-bond acceptors (Lipinski definition) is 2. The highest BCUT2D eigenvalue weighted by molar-refractivity contribution is 5.38. The minimum atomic E-state index is -4.91. The summed E-state index contributed by atoms with van der Waals surface area (Å²) >= 11 is 0. The summed E-state index contributed by atoms with van der Waals surface area (Å²) in [5.74, 6) is -1.84. The summed E-state index contributed by atoms with van der Waals surface area (Å²) in [6.07, 6.45) is -3.94. The first-order chi connectivity index (χ1) is 7.29. The summed E-state index contributed by atoms with van der Waals surface area (Å²) in [5, 5.41) is 8.46. The number of rotatable bonds is 1. The highest BCUT2D eigenvalue weighted by Gasteiger charge is 2.39. The second kappa shape index (κ2) is 4.08. The van der Waals surface area contributed by atoms with E-state index >= 15 is 0 Å². The summed E-state index contributed by atoms with van der Waals surface area (Å²) in [7, 11) is 0. The van der Waals surface area contributed by atoms with Gasteiger partial charge in [0.05, 0.1) is 0 Å². The molecule has 1 heterocycles. The van der Waals surface area contributed by atoms with Crippen molar-refractivity contribution in [2.45, 2.75) is 25.9 Å². The Morgan fingerprint density at radius 1 is 1.38 bits per heavy atom. The molecule has 0 fully saturated rings. The third kappa shape index (κ3) is 2.13. The van der Waals surface area contributed by atoms with Crippen molar-refractivity contribution in [2.75, 3.05) is 0 Å². The van der Waals surface area contributed by atoms with Gasteiger partial charge in [-0.25, -0.2) is 9.37 Å². The fourth-order valence-electron chi connectivity index (χ4n) is 1.25. The first-order valence-corrected chi connectivity index (χ1v) is 4.44. The average Bonchev–Trinajstić information content (AvgIpc) is 2.14. The van der Waals surface area contributed by atoms with Crippen molar-refractivity contribution in [1.29, 1.82) is 5.26 Å². The van der Waals surface area contributed by atoms with Crippen molar-refractivity contribution in [3.05, 3.63) is 28.8 Å². The zero-order chi connectivity index (χ0) is 12.5. The monoisotopic (exact) mass is 232 g/mol. The maximum Gasteiger partial charge on any atom is 0.422 e. The quantitative estimate of drug-likeness (QED) is 0.697. The van der Waals surface area contributed by atoms with E-state index in [4.69, 9.17) is 5.26 Å². The molecule has 0 aliphatic heterocycles. The second-order valence-electron chi connectivity index (χ2n) is 3.52. The van der Waals surface area contributed by atoms with E-state index in [2.05, 4.69) is 4.98 Å². The Bertz CT molecular complexity index is 443. The van der Waals surface area contributed by atoms with Crippen molar-refractivity contribution in [3.8, 4) is 6.07 Å². The lowest BCUT2D eigenvalue weighted by molar-refractivity contribution is -0.140. The first kappa shape index (κ1) is 12.4. The molecule has 1 aromatic rings. The predicted molar refractivity (Wildman–Crippen MR) is 48.0 cm³/mol. The Morgan fingerprint density at radius 3 is 2.31 bits per heavy atom. The fourth-order valence-corrected chi connectivity index (χ4v) is 1.25. The number of nitrogens with zero attached hydrogens (tertiary/aromatic N) is 2. The molecule has 0 radical (unpaired) electrons. The van der Waals surface area contributed by atoms with E-state index in [1.54, 1.807) is 13.8 Å². The van der Waals surface area contributed by atoms with E-state index < -0.39 is 29.2 Å².